The van der Waals surface area contributed by atoms with Crippen LogP contribution in [0.1, 0.15) is 5.56 Å². The minimum Gasteiger partial charge on any atom is -0.482 e. The number of nitrogens with zero attached hydrogens (tertiary/aromatic N) is 1. The standard InChI is InChI=1S/C14H15ClN4O4/c1-2-5-17-13(21)14(22)19-18-7-9-3-4-11(10(15)6-9)23-8-12(16)20/h2-4,6-7H,1,5,8H2,(H2,16,20)(H,17,21)(H,19,22)/b18-7-. The number of primary amides is 1. The molecule has 0 aliphatic carbocycles. The molecule has 0 saturated heterocycles. The topological polar surface area (TPSA) is 123 Å². The van der Waals surface area contributed by atoms with Gasteiger partial charge in [-0.15, -0.1) is 6.58 Å². The van der Waals surface area contributed by atoms with Crippen LogP contribution in [0.4, 0.5) is 0 Å². The fraction of sp³-hybridized carbons (Fsp3) is 0.143. The average molecular weight is 339 g/mol. The summed E-state index contributed by atoms with van der Waals surface area (Å²) in [6.07, 6.45) is 2.74. The molecule has 3 amide bonds. The first-order valence-electron chi connectivity index (χ1n) is 6.36. The lowest BCUT2D eigenvalue weighted by atomic mass is 10.2. The molecule has 0 atom stereocenters. The van der Waals surface area contributed by atoms with E-state index in [2.05, 4.69) is 22.4 Å². The molecule has 4 N–H and O–H groups in total. The Morgan fingerprint density at radius 2 is 2.09 bits per heavy atom. The average Bonchev–Trinajstić information content (AvgIpc) is 2.51. The van der Waals surface area contributed by atoms with E-state index < -0.39 is 17.7 Å². The van der Waals surface area contributed by atoms with E-state index in [-0.39, 0.29) is 23.9 Å². The number of rotatable bonds is 7. The zero-order valence-electron chi connectivity index (χ0n) is 12.0. The molecule has 0 unspecified atom stereocenters. The number of carbonyl (C=O) groups excluding carboxylic acids is 3. The van der Waals surface area contributed by atoms with Crippen molar-refractivity contribution in [1.29, 1.82) is 0 Å². The van der Waals surface area contributed by atoms with E-state index in [0.29, 0.717) is 5.56 Å². The van der Waals surface area contributed by atoms with Crippen LogP contribution in [-0.4, -0.2) is 37.1 Å². The molecule has 0 radical (unpaired) electrons. The number of nitrogens with two attached hydrogens (primary N) is 1. The Bertz CT molecular complexity index is 646. The molecular formula is C14H15ClN4O4. The van der Waals surface area contributed by atoms with E-state index in [1.54, 1.807) is 6.07 Å². The third-order valence-electron chi connectivity index (χ3n) is 2.32. The fourth-order valence-electron chi connectivity index (χ4n) is 1.32. The van der Waals surface area contributed by atoms with Gasteiger partial charge in [-0.3, -0.25) is 14.4 Å². The van der Waals surface area contributed by atoms with Gasteiger partial charge in [0, 0.05) is 6.54 Å². The van der Waals surface area contributed by atoms with Gasteiger partial charge in [-0.25, -0.2) is 5.43 Å². The molecule has 0 spiro atoms. The number of carbonyl (C=O) groups is 3. The van der Waals surface area contributed by atoms with Crippen molar-refractivity contribution in [3.8, 4) is 5.75 Å². The van der Waals surface area contributed by atoms with Crippen molar-refractivity contribution in [3.05, 3.63) is 41.4 Å². The van der Waals surface area contributed by atoms with E-state index in [1.807, 2.05) is 0 Å². The lowest BCUT2D eigenvalue weighted by molar-refractivity contribution is -0.139. The first kappa shape index (κ1) is 18.2. The van der Waals surface area contributed by atoms with Gasteiger partial charge in [0.05, 0.1) is 11.2 Å². The number of hydrazone groups is 1. The van der Waals surface area contributed by atoms with Gasteiger partial charge in [0.15, 0.2) is 6.61 Å². The maximum absolute atomic E-state index is 11.3. The molecule has 0 aromatic heterocycles. The number of hydrogen-bond donors (Lipinski definition) is 3. The Labute approximate surface area is 137 Å². The Morgan fingerprint density at radius 1 is 1.35 bits per heavy atom. The van der Waals surface area contributed by atoms with Crippen LogP contribution >= 0.6 is 11.6 Å². The second-order valence-electron chi connectivity index (χ2n) is 4.14. The second kappa shape index (κ2) is 9.21. The molecule has 1 rings (SSSR count). The number of halogens is 1. The molecule has 0 heterocycles. The molecule has 0 aliphatic rings. The van der Waals surface area contributed by atoms with Crippen LogP contribution in [0.15, 0.2) is 36.0 Å². The van der Waals surface area contributed by atoms with E-state index >= 15 is 0 Å². The summed E-state index contributed by atoms with van der Waals surface area (Å²) < 4.78 is 5.08. The zero-order chi connectivity index (χ0) is 17.2. The van der Waals surface area contributed by atoms with E-state index in [0.717, 1.165) is 0 Å². The van der Waals surface area contributed by atoms with E-state index in [9.17, 15) is 14.4 Å². The number of ether oxygens (including phenoxy) is 1. The predicted octanol–water partition coefficient (Wildman–Crippen LogP) is -0.0436. The van der Waals surface area contributed by atoms with Crippen LogP contribution in [0.3, 0.4) is 0 Å². The van der Waals surface area contributed by atoms with Gasteiger partial charge in [0.25, 0.3) is 5.91 Å². The zero-order valence-corrected chi connectivity index (χ0v) is 12.8. The van der Waals surface area contributed by atoms with Gasteiger partial charge in [-0.05, 0) is 23.8 Å². The number of benzene rings is 1. The smallest absolute Gasteiger partial charge is 0.329 e. The summed E-state index contributed by atoms with van der Waals surface area (Å²) in [5.74, 6) is -2.06. The van der Waals surface area contributed by atoms with Crippen LogP contribution in [0.25, 0.3) is 0 Å². The summed E-state index contributed by atoms with van der Waals surface area (Å²) >= 11 is 5.96. The highest BCUT2D eigenvalue weighted by Gasteiger charge is 2.10. The molecule has 0 aliphatic heterocycles. The van der Waals surface area contributed by atoms with E-state index in [4.69, 9.17) is 22.1 Å². The Balaban J connectivity index is 2.58. The van der Waals surface area contributed by atoms with Crippen molar-refractivity contribution >= 4 is 35.5 Å². The Hall–Kier alpha value is -2.87. The number of nitrogens with one attached hydrogen (secondary N) is 2. The third-order valence-corrected chi connectivity index (χ3v) is 2.61. The fourth-order valence-corrected chi connectivity index (χ4v) is 1.57. The summed E-state index contributed by atoms with van der Waals surface area (Å²) in [5.41, 5.74) is 7.57. The number of amides is 3. The van der Waals surface area contributed by atoms with Crippen LogP contribution in [0.2, 0.25) is 5.02 Å². The summed E-state index contributed by atoms with van der Waals surface area (Å²) in [5, 5.41) is 6.17. The van der Waals surface area contributed by atoms with Crippen LogP contribution in [-0.2, 0) is 14.4 Å². The van der Waals surface area contributed by atoms with Gasteiger partial charge < -0.3 is 15.8 Å². The van der Waals surface area contributed by atoms with Gasteiger partial charge in [-0.2, -0.15) is 5.10 Å². The first-order valence-corrected chi connectivity index (χ1v) is 6.74. The molecule has 1 aromatic carbocycles. The Morgan fingerprint density at radius 3 is 2.70 bits per heavy atom. The minimum absolute atomic E-state index is 0.179. The monoisotopic (exact) mass is 338 g/mol. The molecule has 1 aromatic rings. The van der Waals surface area contributed by atoms with Crippen LogP contribution in [0.5, 0.6) is 5.75 Å². The molecule has 23 heavy (non-hydrogen) atoms. The maximum atomic E-state index is 11.3. The molecule has 0 saturated carbocycles. The van der Waals surface area contributed by atoms with Crippen LogP contribution in [0, 0.1) is 0 Å². The molecule has 0 bridgehead atoms. The third kappa shape index (κ3) is 6.62. The predicted molar refractivity (Wildman–Crippen MR) is 85.1 cm³/mol. The highest BCUT2D eigenvalue weighted by atomic mass is 35.5. The van der Waals surface area contributed by atoms with Gasteiger partial charge in [0.1, 0.15) is 5.75 Å². The maximum Gasteiger partial charge on any atom is 0.329 e. The normalized spacial score (nSPS) is 10.1. The van der Waals surface area contributed by atoms with Crippen molar-refractivity contribution in [1.82, 2.24) is 10.7 Å². The van der Waals surface area contributed by atoms with Crippen molar-refractivity contribution in [2.75, 3.05) is 13.2 Å². The molecule has 0 fully saturated rings. The van der Waals surface area contributed by atoms with Gasteiger partial charge >= 0.3 is 11.8 Å². The highest BCUT2D eigenvalue weighted by molar-refractivity contribution is 6.35. The highest BCUT2D eigenvalue weighted by Crippen LogP contribution is 2.24. The summed E-state index contributed by atoms with van der Waals surface area (Å²) in [4.78, 5) is 33.2. The molecule has 9 heteroatoms. The van der Waals surface area contributed by atoms with Crippen molar-refractivity contribution in [3.63, 3.8) is 0 Å². The first-order chi connectivity index (χ1) is 10.9. The van der Waals surface area contributed by atoms with Crippen LogP contribution < -0.4 is 21.2 Å². The lowest BCUT2D eigenvalue weighted by Gasteiger charge is -2.06. The SMILES string of the molecule is C=CCNC(=O)C(=O)N/N=C\c1ccc(OCC(N)=O)c(Cl)c1. The van der Waals surface area contributed by atoms with Gasteiger partial charge in [0.2, 0.25) is 0 Å². The summed E-state index contributed by atoms with van der Waals surface area (Å²) in [6, 6.07) is 4.62. The summed E-state index contributed by atoms with van der Waals surface area (Å²) in [7, 11) is 0. The van der Waals surface area contributed by atoms with Gasteiger partial charge in [-0.1, -0.05) is 17.7 Å². The molecule has 8 nitrogen and oxygen atoms in total. The van der Waals surface area contributed by atoms with E-state index in [1.165, 1.54) is 24.4 Å². The van der Waals surface area contributed by atoms with Crippen molar-refractivity contribution in [2.24, 2.45) is 10.8 Å². The lowest BCUT2D eigenvalue weighted by Crippen LogP contribution is -2.37. The van der Waals surface area contributed by atoms with Crippen molar-refractivity contribution < 1.29 is 19.1 Å². The van der Waals surface area contributed by atoms with Crippen molar-refractivity contribution in [2.45, 2.75) is 0 Å². The quantitative estimate of drug-likeness (QED) is 0.279. The molecular weight excluding hydrogens is 324 g/mol. The second-order valence-corrected chi connectivity index (χ2v) is 4.55. The Kier molecular flexibility index (Phi) is 7.28. The molecule has 122 valence electrons. The summed E-state index contributed by atoms with van der Waals surface area (Å²) in [6.45, 7) is 3.30. The number of hydrogen-bond acceptors (Lipinski definition) is 5. The minimum atomic E-state index is -0.907. The largest absolute Gasteiger partial charge is 0.482 e.